The van der Waals surface area contributed by atoms with Gasteiger partial charge in [0.1, 0.15) is 0 Å². The van der Waals surface area contributed by atoms with E-state index in [1.165, 1.54) is 12.8 Å². The topological polar surface area (TPSA) is 12.0 Å². The molecular weight excluding hydrogens is 146 g/mol. The molecule has 12 heavy (non-hydrogen) atoms. The number of hydrogen-bond acceptors (Lipinski definition) is 1. The summed E-state index contributed by atoms with van der Waals surface area (Å²) in [7, 11) is 0. The Kier molecular flexibility index (Phi) is 2.19. The second-order valence-electron chi connectivity index (χ2n) is 3.88. The van der Waals surface area contributed by atoms with Gasteiger partial charge in [-0.1, -0.05) is 18.1 Å². The molecule has 1 heteroatoms. The van der Waals surface area contributed by atoms with Crippen molar-refractivity contribution in [1.29, 1.82) is 0 Å². The number of fused-ring (bicyclic) bond motifs is 2. The van der Waals surface area contributed by atoms with Gasteiger partial charge in [-0.3, -0.25) is 0 Å². The maximum absolute atomic E-state index is 5.16. The van der Waals surface area contributed by atoms with Gasteiger partial charge >= 0.3 is 0 Å². The van der Waals surface area contributed by atoms with Crippen molar-refractivity contribution in [3.63, 3.8) is 0 Å². The van der Waals surface area contributed by atoms with Gasteiger partial charge in [0.15, 0.2) is 0 Å². The third-order valence-corrected chi connectivity index (χ3v) is 3.05. The molecule has 2 rings (SSSR count). The van der Waals surface area contributed by atoms with E-state index in [2.05, 4.69) is 23.4 Å². The van der Waals surface area contributed by atoms with Crippen LogP contribution in [0.4, 0.5) is 0 Å². The molecule has 0 spiro atoms. The van der Waals surface area contributed by atoms with Gasteiger partial charge in [0, 0.05) is 0 Å². The largest absolute Gasteiger partial charge is 0.306 e. The van der Waals surface area contributed by atoms with Gasteiger partial charge in [-0.15, -0.1) is 6.42 Å². The number of terminal acetylenes is 1. The number of allylic oxidation sites excluding steroid dienone is 2. The molecule has 1 N–H and O–H groups in total. The fraction of sp³-hybridized carbons (Fsp3) is 0.636. The molecular formula is C11H15N. The monoisotopic (exact) mass is 161 g/mol. The van der Waals surface area contributed by atoms with Gasteiger partial charge in [-0.2, -0.15) is 0 Å². The molecule has 2 aliphatic rings. The van der Waals surface area contributed by atoms with Gasteiger partial charge in [0.2, 0.25) is 0 Å². The van der Waals surface area contributed by atoms with Crippen LogP contribution in [-0.4, -0.2) is 13.1 Å². The second kappa shape index (κ2) is 3.33. The molecule has 0 saturated heterocycles. The molecule has 3 unspecified atom stereocenters. The molecule has 0 aromatic heterocycles. The molecule has 1 fully saturated rings. The van der Waals surface area contributed by atoms with Crippen molar-refractivity contribution in [3.8, 4) is 12.3 Å². The van der Waals surface area contributed by atoms with Crippen LogP contribution in [0.3, 0.4) is 0 Å². The molecule has 64 valence electrons. The van der Waals surface area contributed by atoms with Crippen LogP contribution in [0.5, 0.6) is 0 Å². The van der Waals surface area contributed by atoms with Crippen molar-refractivity contribution in [2.45, 2.75) is 12.8 Å². The van der Waals surface area contributed by atoms with Gasteiger partial charge < -0.3 is 5.32 Å². The van der Waals surface area contributed by atoms with E-state index in [4.69, 9.17) is 6.42 Å². The van der Waals surface area contributed by atoms with Crippen molar-refractivity contribution < 1.29 is 0 Å². The fourth-order valence-electron chi connectivity index (χ4n) is 2.46. The molecule has 0 amide bonds. The smallest absolute Gasteiger partial charge is 0.0573 e. The predicted octanol–water partition coefficient (Wildman–Crippen LogP) is 1.42. The summed E-state index contributed by atoms with van der Waals surface area (Å²) in [6, 6.07) is 0. The van der Waals surface area contributed by atoms with E-state index in [-0.39, 0.29) is 0 Å². The normalized spacial score (nSPS) is 37.1. The minimum atomic E-state index is 0.720. The first-order valence-electron chi connectivity index (χ1n) is 4.72. The van der Waals surface area contributed by atoms with Gasteiger partial charge in [-0.25, -0.2) is 0 Å². The van der Waals surface area contributed by atoms with Crippen LogP contribution in [0.2, 0.25) is 0 Å². The van der Waals surface area contributed by atoms with E-state index in [9.17, 15) is 0 Å². The molecule has 0 aromatic rings. The van der Waals surface area contributed by atoms with E-state index < -0.39 is 0 Å². The summed E-state index contributed by atoms with van der Waals surface area (Å²) >= 11 is 0. The lowest BCUT2D eigenvalue weighted by Crippen LogP contribution is -2.25. The summed E-state index contributed by atoms with van der Waals surface area (Å²) in [6.45, 7) is 1.83. The molecule has 0 aliphatic heterocycles. The highest BCUT2D eigenvalue weighted by Crippen LogP contribution is 2.42. The quantitative estimate of drug-likeness (QED) is 0.375. The summed E-state index contributed by atoms with van der Waals surface area (Å²) in [4.78, 5) is 0. The van der Waals surface area contributed by atoms with Crippen LogP contribution >= 0.6 is 0 Å². The number of rotatable bonds is 3. The first-order valence-corrected chi connectivity index (χ1v) is 4.72. The Hall–Kier alpha value is -0.740. The Morgan fingerprint density at radius 2 is 2.33 bits per heavy atom. The van der Waals surface area contributed by atoms with Crippen molar-refractivity contribution >= 4 is 0 Å². The van der Waals surface area contributed by atoms with Crippen molar-refractivity contribution in [3.05, 3.63) is 12.2 Å². The van der Waals surface area contributed by atoms with Gasteiger partial charge in [0.05, 0.1) is 6.54 Å². The van der Waals surface area contributed by atoms with E-state index in [0.717, 1.165) is 30.8 Å². The van der Waals surface area contributed by atoms with Crippen LogP contribution in [0.15, 0.2) is 12.2 Å². The van der Waals surface area contributed by atoms with Crippen LogP contribution < -0.4 is 5.32 Å². The van der Waals surface area contributed by atoms with Gasteiger partial charge in [0.25, 0.3) is 0 Å². The van der Waals surface area contributed by atoms with E-state index in [0.29, 0.717) is 0 Å². The molecule has 1 nitrogen and oxygen atoms in total. The molecule has 0 radical (unpaired) electrons. The van der Waals surface area contributed by atoms with Crippen molar-refractivity contribution in [2.24, 2.45) is 17.8 Å². The Bertz CT molecular complexity index is 224. The standard InChI is InChI=1S/C11H15N/c1-2-5-12-8-11-7-9-3-4-10(11)6-9/h1,3-4,9-12H,5-8H2. The first-order chi connectivity index (χ1) is 5.90. The van der Waals surface area contributed by atoms with Crippen LogP contribution in [0, 0.1) is 30.1 Å². The highest BCUT2D eigenvalue weighted by molar-refractivity contribution is 5.10. The molecule has 1 saturated carbocycles. The average Bonchev–Trinajstić information content (AvgIpc) is 2.65. The minimum absolute atomic E-state index is 0.720. The fourth-order valence-corrected chi connectivity index (χ4v) is 2.46. The summed E-state index contributed by atoms with van der Waals surface area (Å²) in [5, 5.41) is 3.29. The maximum Gasteiger partial charge on any atom is 0.0573 e. The molecule has 0 heterocycles. The third kappa shape index (κ3) is 1.40. The Labute approximate surface area is 74.2 Å². The predicted molar refractivity (Wildman–Crippen MR) is 50.5 cm³/mol. The first kappa shape index (κ1) is 7.89. The Morgan fingerprint density at radius 3 is 2.92 bits per heavy atom. The lowest BCUT2D eigenvalue weighted by Gasteiger charge is -2.17. The molecule has 0 aromatic carbocycles. The van der Waals surface area contributed by atoms with Crippen molar-refractivity contribution in [2.75, 3.05) is 13.1 Å². The number of hydrogen-bond donors (Lipinski definition) is 1. The molecule has 2 aliphatic carbocycles. The van der Waals surface area contributed by atoms with Crippen LogP contribution in [0.25, 0.3) is 0 Å². The van der Waals surface area contributed by atoms with Crippen molar-refractivity contribution in [1.82, 2.24) is 5.32 Å². The summed E-state index contributed by atoms with van der Waals surface area (Å²) < 4.78 is 0. The van der Waals surface area contributed by atoms with Crippen LogP contribution in [-0.2, 0) is 0 Å². The van der Waals surface area contributed by atoms with Gasteiger partial charge in [-0.05, 0) is 37.1 Å². The third-order valence-electron chi connectivity index (χ3n) is 3.05. The summed E-state index contributed by atoms with van der Waals surface area (Å²) in [5.74, 6) is 5.19. The Morgan fingerprint density at radius 1 is 1.42 bits per heavy atom. The lowest BCUT2D eigenvalue weighted by molar-refractivity contribution is 0.424. The zero-order valence-corrected chi connectivity index (χ0v) is 7.29. The summed E-state index contributed by atoms with van der Waals surface area (Å²) in [6.07, 6.45) is 12.7. The van der Waals surface area contributed by atoms with E-state index in [1.807, 2.05) is 0 Å². The highest BCUT2D eigenvalue weighted by atomic mass is 14.9. The zero-order chi connectivity index (χ0) is 8.39. The zero-order valence-electron chi connectivity index (χ0n) is 7.29. The SMILES string of the molecule is C#CCNCC1CC2C=CC1C2. The second-order valence-corrected chi connectivity index (χ2v) is 3.88. The van der Waals surface area contributed by atoms with E-state index in [1.54, 1.807) is 0 Å². The average molecular weight is 161 g/mol. The number of nitrogens with one attached hydrogen (secondary N) is 1. The molecule has 3 atom stereocenters. The maximum atomic E-state index is 5.16. The summed E-state index contributed by atoms with van der Waals surface area (Å²) in [5.41, 5.74) is 0. The Balaban J connectivity index is 1.77. The molecule has 2 bridgehead atoms. The highest BCUT2D eigenvalue weighted by Gasteiger charge is 2.34. The minimum Gasteiger partial charge on any atom is -0.306 e. The lowest BCUT2D eigenvalue weighted by atomic mass is 9.94. The van der Waals surface area contributed by atoms with E-state index >= 15 is 0 Å². The van der Waals surface area contributed by atoms with Crippen LogP contribution in [0.1, 0.15) is 12.8 Å².